The predicted molar refractivity (Wildman–Crippen MR) is 97.1 cm³/mol. The average molecular weight is 363 g/mol. The monoisotopic (exact) mass is 363 g/mol. The summed E-state index contributed by atoms with van der Waals surface area (Å²) in [5.74, 6) is -0.725. The lowest BCUT2D eigenvalue weighted by Gasteiger charge is -2.26. The van der Waals surface area contributed by atoms with Crippen molar-refractivity contribution in [1.29, 1.82) is 0 Å². The molecule has 7 heteroatoms. The third-order valence-electron chi connectivity index (χ3n) is 4.35. The van der Waals surface area contributed by atoms with Gasteiger partial charge in [-0.3, -0.25) is 8.61 Å². The Morgan fingerprint density at radius 1 is 1.08 bits per heavy atom. The molecule has 4 nitrogen and oxygen atoms in total. The molecule has 1 N–H and O–H groups in total. The van der Waals surface area contributed by atoms with E-state index in [-0.39, 0.29) is 17.7 Å². The van der Waals surface area contributed by atoms with Crippen LogP contribution in [0.4, 0.5) is 25.8 Å². The van der Waals surface area contributed by atoms with Crippen LogP contribution in [-0.4, -0.2) is 32.3 Å². The fourth-order valence-electron chi connectivity index (χ4n) is 3.10. The van der Waals surface area contributed by atoms with Gasteiger partial charge in [-0.15, -0.1) is 0 Å². The Hall–Kier alpha value is -1.83. The molecule has 1 saturated heterocycles. The molecule has 0 aromatic heterocycles. The molecule has 2 heterocycles. The number of rotatable bonds is 4. The summed E-state index contributed by atoms with van der Waals surface area (Å²) < 4.78 is 38.1. The number of para-hydroxylation sites is 2. The smallest absolute Gasteiger partial charge is 0.149 e. The summed E-state index contributed by atoms with van der Waals surface area (Å²) in [5.41, 5.74) is 1.52. The molecule has 4 rings (SSSR count). The van der Waals surface area contributed by atoms with Gasteiger partial charge in [-0.1, -0.05) is 18.2 Å². The van der Waals surface area contributed by atoms with Crippen molar-refractivity contribution < 1.29 is 13.5 Å². The Morgan fingerprint density at radius 3 is 2.68 bits per heavy atom. The number of benzene rings is 2. The number of hydrogen-bond donors (Lipinski definition) is 1. The molecule has 2 aromatic rings. The number of anilines is 3. The van der Waals surface area contributed by atoms with E-state index in [4.69, 9.17) is 4.74 Å². The lowest BCUT2D eigenvalue weighted by Crippen LogP contribution is -2.39. The number of halogens is 2. The highest BCUT2D eigenvalue weighted by molar-refractivity contribution is 8.02. The van der Waals surface area contributed by atoms with Gasteiger partial charge in [0, 0.05) is 19.6 Å². The van der Waals surface area contributed by atoms with Gasteiger partial charge in [0.15, 0.2) is 0 Å². The molecule has 0 bridgehead atoms. The summed E-state index contributed by atoms with van der Waals surface area (Å²) >= 11 is 1.32. The van der Waals surface area contributed by atoms with E-state index in [9.17, 15) is 8.78 Å². The van der Waals surface area contributed by atoms with Gasteiger partial charge in [-0.2, -0.15) is 0 Å². The van der Waals surface area contributed by atoms with E-state index in [2.05, 4.69) is 5.32 Å². The third kappa shape index (κ3) is 3.31. The zero-order valence-electron chi connectivity index (χ0n) is 13.6. The molecule has 0 aliphatic carbocycles. The summed E-state index contributed by atoms with van der Waals surface area (Å²) in [6.07, 6.45) is 0.968. The molecule has 25 heavy (non-hydrogen) atoms. The Balaban J connectivity index is 1.59. The number of morpholine rings is 1. The van der Waals surface area contributed by atoms with E-state index in [1.165, 1.54) is 24.3 Å². The quantitative estimate of drug-likeness (QED) is 0.833. The highest BCUT2D eigenvalue weighted by Gasteiger charge is 2.33. The SMILES string of the molecule is Fc1ccccc1N1SN(CC[C@H]2CNCCO2)c2cccc(F)c21. The van der Waals surface area contributed by atoms with Crippen molar-refractivity contribution in [3.05, 3.63) is 54.1 Å². The van der Waals surface area contributed by atoms with Crippen molar-refractivity contribution in [2.45, 2.75) is 12.5 Å². The number of ether oxygens (including phenoxy) is 1. The van der Waals surface area contributed by atoms with Crippen LogP contribution < -0.4 is 13.9 Å². The molecule has 2 aliphatic rings. The van der Waals surface area contributed by atoms with Crippen molar-refractivity contribution >= 4 is 29.2 Å². The lowest BCUT2D eigenvalue weighted by molar-refractivity contribution is 0.0254. The van der Waals surface area contributed by atoms with Crippen molar-refractivity contribution in [2.24, 2.45) is 0 Å². The number of nitrogens with one attached hydrogen (secondary N) is 1. The minimum Gasteiger partial charge on any atom is -0.376 e. The molecular weight excluding hydrogens is 344 g/mol. The van der Waals surface area contributed by atoms with Crippen molar-refractivity contribution in [2.75, 3.05) is 34.9 Å². The number of fused-ring (bicyclic) bond motifs is 1. The number of hydrogen-bond acceptors (Lipinski definition) is 5. The molecule has 2 aliphatic heterocycles. The molecule has 132 valence electrons. The van der Waals surface area contributed by atoms with Crippen LogP contribution in [0.2, 0.25) is 0 Å². The minimum absolute atomic E-state index is 0.147. The summed E-state index contributed by atoms with van der Waals surface area (Å²) in [6, 6.07) is 11.4. The average Bonchev–Trinajstić information content (AvgIpc) is 3.01. The Kier molecular flexibility index (Phi) is 4.78. The van der Waals surface area contributed by atoms with Crippen molar-refractivity contribution in [3.8, 4) is 0 Å². The number of nitrogens with zero attached hydrogens (tertiary/aromatic N) is 2. The fourth-order valence-corrected chi connectivity index (χ4v) is 4.22. The maximum Gasteiger partial charge on any atom is 0.149 e. The van der Waals surface area contributed by atoms with Gasteiger partial charge in [-0.05, 0) is 30.7 Å². The summed E-state index contributed by atoms with van der Waals surface area (Å²) in [7, 11) is 0. The van der Waals surface area contributed by atoms with Crippen molar-refractivity contribution in [3.63, 3.8) is 0 Å². The molecular formula is C18H19F2N3OS. The fraction of sp³-hybridized carbons (Fsp3) is 0.333. The van der Waals surface area contributed by atoms with E-state index in [0.717, 1.165) is 25.2 Å². The van der Waals surface area contributed by atoms with Gasteiger partial charge < -0.3 is 10.1 Å². The van der Waals surface area contributed by atoms with E-state index >= 15 is 0 Å². The molecule has 0 saturated carbocycles. The first kappa shape index (κ1) is 16.6. The molecule has 0 radical (unpaired) electrons. The van der Waals surface area contributed by atoms with Crippen LogP contribution in [-0.2, 0) is 4.74 Å². The first-order valence-corrected chi connectivity index (χ1v) is 9.08. The molecule has 1 fully saturated rings. The molecule has 0 unspecified atom stereocenters. The third-order valence-corrected chi connectivity index (χ3v) is 5.47. The van der Waals surface area contributed by atoms with E-state index in [1.54, 1.807) is 28.6 Å². The van der Waals surface area contributed by atoms with Crippen LogP contribution in [0.5, 0.6) is 0 Å². The van der Waals surface area contributed by atoms with Crippen LogP contribution in [0.15, 0.2) is 42.5 Å². The predicted octanol–water partition coefficient (Wildman–Crippen LogP) is 3.86. The van der Waals surface area contributed by atoms with Gasteiger partial charge in [0.2, 0.25) is 0 Å². The van der Waals surface area contributed by atoms with Gasteiger partial charge in [0.1, 0.15) is 17.3 Å². The summed E-state index contributed by atoms with van der Waals surface area (Å²) in [5, 5.41) is 3.31. The van der Waals surface area contributed by atoms with E-state index < -0.39 is 0 Å². The van der Waals surface area contributed by atoms with E-state index in [0.29, 0.717) is 24.5 Å². The lowest BCUT2D eigenvalue weighted by atomic mass is 10.2. The highest BCUT2D eigenvalue weighted by Crippen LogP contribution is 2.50. The van der Waals surface area contributed by atoms with Crippen LogP contribution >= 0.6 is 12.1 Å². The highest BCUT2D eigenvalue weighted by atomic mass is 32.2. The minimum atomic E-state index is -0.370. The molecule has 1 atom stereocenters. The standard InChI is InChI=1S/C18H19F2N3OS/c19-14-4-1-2-6-16(14)23-18-15(20)5-3-7-17(18)22(25-23)10-8-13-12-21-9-11-24-13/h1-7,13,21H,8-12H2/t13-/m0/s1. The van der Waals surface area contributed by atoms with E-state index in [1.807, 2.05) is 10.4 Å². The maximum absolute atomic E-state index is 14.5. The summed E-state index contributed by atoms with van der Waals surface area (Å²) in [4.78, 5) is 0. The zero-order chi connectivity index (χ0) is 17.2. The second-order valence-corrected chi connectivity index (χ2v) is 6.99. The zero-order valence-corrected chi connectivity index (χ0v) is 14.4. The van der Waals surface area contributed by atoms with Gasteiger partial charge >= 0.3 is 0 Å². The Morgan fingerprint density at radius 2 is 1.88 bits per heavy atom. The topological polar surface area (TPSA) is 27.7 Å². The summed E-state index contributed by atoms with van der Waals surface area (Å²) in [6.45, 7) is 3.11. The second-order valence-electron chi connectivity index (χ2n) is 6.02. The first-order valence-electron chi connectivity index (χ1n) is 8.35. The molecule has 0 amide bonds. The largest absolute Gasteiger partial charge is 0.376 e. The van der Waals surface area contributed by atoms with Crippen LogP contribution in [0.1, 0.15) is 6.42 Å². The van der Waals surface area contributed by atoms with Gasteiger partial charge in [-0.25, -0.2) is 8.78 Å². The molecule has 2 aromatic carbocycles. The van der Waals surface area contributed by atoms with Gasteiger partial charge in [0.25, 0.3) is 0 Å². The van der Waals surface area contributed by atoms with Crippen LogP contribution in [0.25, 0.3) is 0 Å². The van der Waals surface area contributed by atoms with Crippen LogP contribution in [0, 0.1) is 11.6 Å². The Bertz CT molecular complexity index is 755. The van der Waals surface area contributed by atoms with Gasteiger partial charge in [0.05, 0.1) is 36.2 Å². The normalized spacial score (nSPS) is 20.0. The second kappa shape index (κ2) is 7.19. The Labute approximate surface area is 150 Å². The van der Waals surface area contributed by atoms with Crippen LogP contribution in [0.3, 0.4) is 0 Å². The maximum atomic E-state index is 14.5. The molecule has 0 spiro atoms. The first-order chi connectivity index (χ1) is 12.2. The van der Waals surface area contributed by atoms with Crippen molar-refractivity contribution in [1.82, 2.24) is 5.32 Å².